The van der Waals surface area contributed by atoms with Crippen molar-refractivity contribution in [3.63, 3.8) is 0 Å². The Morgan fingerprint density at radius 2 is 2.07 bits per heavy atom. The van der Waals surface area contributed by atoms with Gasteiger partial charge in [-0.05, 0) is 38.0 Å². The molecular formula is C13H20O. The van der Waals surface area contributed by atoms with Crippen molar-refractivity contribution >= 4 is 6.29 Å². The number of aldehydes is 1. The average molecular weight is 192 g/mol. The molecule has 0 aromatic rings. The zero-order valence-electron chi connectivity index (χ0n) is 8.87. The Morgan fingerprint density at radius 3 is 2.93 bits per heavy atom. The smallest absolute Gasteiger partial charge is 0.123 e. The first kappa shape index (κ1) is 9.95. The second kappa shape index (κ2) is 4.77. The molecule has 0 amide bonds. The van der Waals surface area contributed by atoms with Gasteiger partial charge in [-0.15, -0.1) is 0 Å². The number of hydrogen-bond acceptors (Lipinski definition) is 1. The van der Waals surface area contributed by atoms with Crippen molar-refractivity contribution in [1.29, 1.82) is 0 Å². The maximum Gasteiger partial charge on any atom is 0.123 e. The Kier molecular flexibility index (Phi) is 3.39. The van der Waals surface area contributed by atoms with E-state index in [4.69, 9.17) is 0 Å². The molecule has 78 valence electrons. The maximum absolute atomic E-state index is 10.8. The zero-order chi connectivity index (χ0) is 9.80. The summed E-state index contributed by atoms with van der Waals surface area (Å²) < 4.78 is 0. The van der Waals surface area contributed by atoms with Crippen LogP contribution in [0.3, 0.4) is 0 Å². The van der Waals surface area contributed by atoms with Crippen LogP contribution in [-0.4, -0.2) is 6.29 Å². The Hall–Kier alpha value is -0.590. The molecule has 0 bridgehead atoms. The van der Waals surface area contributed by atoms with Crippen LogP contribution in [0.2, 0.25) is 0 Å². The Morgan fingerprint density at radius 1 is 1.21 bits per heavy atom. The zero-order valence-corrected chi connectivity index (χ0v) is 8.87. The van der Waals surface area contributed by atoms with Crippen LogP contribution in [0.15, 0.2) is 11.6 Å². The molecule has 0 heterocycles. The summed E-state index contributed by atoms with van der Waals surface area (Å²) in [6.07, 6.45) is 13.8. The molecule has 0 aromatic carbocycles. The van der Waals surface area contributed by atoms with Crippen molar-refractivity contribution in [3.8, 4) is 0 Å². The first-order chi connectivity index (χ1) is 6.90. The van der Waals surface area contributed by atoms with Crippen LogP contribution in [0.1, 0.15) is 51.4 Å². The van der Waals surface area contributed by atoms with Gasteiger partial charge in [0.25, 0.3) is 0 Å². The third-order valence-electron chi connectivity index (χ3n) is 3.75. The summed E-state index contributed by atoms with van der Waals surface area (Å²) in [5.74, 6) is 1.07. The Labute approximate surface area is 86.6 Å². The lowest BCUT2D eigenvalue weighted by molar-refractivity contribution is -0.111. The predicted octanol–water partition coefficient (Wildman–Crippen LogP) is 3.49. The van der Waals surface area contributed by atoms with E-state index in [0.717, 1.165) is 25.0 Å². The predicted molar refractivity (Wildman–Crippen MR) is 58.1 cm³/mol. The van der Waals surface area contributed by atoms with Crippen molar-refractivity contribution in [3.05, 3.63) is 11.6 Å². The van der Waals surface area contributed by atoms with Crippen LogP contribution in [0, 0.1) is 11.8 Å². The number of fused-ring (bicyclic) bond motifs is 1. The normalized spacial score (nSPS) is 33.6. The first-order valence-electron chi connectivity index (χ1n) is 6.04. The minimum atomic E-state index is 0.322. The fourth-order valence-corrected chi connectivity index (χ4v) is 2.88. The molecule has 1 fully saturated rings. The summed E-state index contributed by atoms with van der Waals surface area (Å²) in [7, 11) is 0. The van der Waals surface area contributed by atoms with E-state index < -0.39 is 0 Å². The molecule has 0 saturated heterocycles. The highest BCUT2D eigenvalue weighted by molar-refractivity contribution is 5.54. The largest absolute Gasteiger partial charge is 0.303 e. The molecule has 14 heavy (non-hydrogen) atoms. The van der Waals surface area contributed by atoms with E-state index >= 15 is 0 Å². The second-order valence-electron chi connectivity index (χ2n) is 4.80. The molecule has 2 aliphatic carbocycles. The van der Waals surface area contributed by atoms with Crippen molar-refractivity contribution < 1.29 is 4.79 Å². The van der Waals surface area contributed by atoms with Gasteiger partial charge < -0.3 is 4.79 Å². The minimum absolute atomic E-state index is 0.322. The standard InChI is InChI=1S/C13H20O/c14-10-11-7-8-12-5-3-1-2-4-6-13(12)9-11/h8,10-11,13H,1-7,9H2. The first-order valence-corrected chi connectivity index (χ1v) is 6.04. The maximum atomic E-state index is 10.8. The van der Waals surface area contributed by atoms with E-state index in [9.17, 15) is 4.79 Å². The Balaban J connectivity index is 2.03. The van der Waals surface area contributed by atoms with Crippen molar-refractivity contribution in [2.75, 3.05) is 0 Å². The van der Waals surface area contributed by atoms with Gasteiger partial charge in [-0.3, -0.25) is 0 Å². The highest BCUT2D eigenvalue weighted by atomic mass is 16.1. The fraction of sp³-hybridized carbons (Fsp3) is 0.769. The number of hydrogen-bond donors (Lipinski definition) is 0. The van der Waals surface area contributed by atoms with E-state index in [0.29, 0.717) is 5.92 Å². The lowest BCUT2D eigenvalue weighted by Gasteiger charge is -2.29. The van der Waals surface area contributed by atoms with Gasteiger partial charge in [0.15, 0.2) is 0 Å². The van der Waals surface area contributed by atoms with Crippen LogP contribution in [0.25, 0.3) is 0 Å². The number of allylic oxidation sites excluding steroid dienone is 2. The monoisotopic (exact) mass is 192 g/mol. The number of rotatable bonds is 1. The van der Waals surface area contributed by atoms with Gasteiger partial charge >= 0.3 is 0 Å². The SMILES string of the molecule is O=CC1CC=C2CCCCCCC2C1. The lowest BCUT2D eigenvalue weighted by Crippen LogP contribution is -2.18. The van der Waals surface area contributed by atoms with Gasteiger partial charge in [0.05, 0.1) is 0 Å². The second-order valence-corrected chi connectivity index (χ2v) is 4.80. The Bertz CT molecular complexity index is 229. The molecule has 0 aliphatic heterocycles. The summed E-state index contributed by atoms with van der Waals surface area (Å²) in [5, 5.41) is 0. The molecule has 2 rings (SSSR count). The molecular weight excluding hydrogens is 172 g/mol. The fourth-order valence-electron chi connectivity index (χ4n) is 2.88. The van der Waals surface area contributed by atoms with E-state index in [1.165, 1.54) is 38.5 Å². The number of carbonyl (C=O) groups is 1. The van der Waals surface area contributed by atoms with Gasteiger partial charge in [0.1, 0.15) is 6.29 Å². The van der Waals surface area contributed by atoms with Crippen molar-refractivity contribution in [2.24, 2.45) is 11.8 Å². The summed E-state index contributed by atoms with van der Waals surface area (Å²) in [4.78, 5) is 10.8. The molecule has 0 radical (unpaired) electrons. The minimum Gasteiger partial charge on any atom is -0.303 e. The quantitative estimate of drug-likeness (QED) is 0.459. The summed E-state index contributed by atoms with van der Waals surface area (Å²) in [6, 6.07) is 0. The molecule has 0 spiro atoms. The molecule has 0 aromatic heterocycles. The van der Waals surface area contributed by atoms with Crippen LogP contribution in [0.4, 0.5) is 0 Å². The summed E-state index contributed by atoms with van der Waals surface area (Å²) in [6.45, 7) is 0. The number of carbonyl (C=O) groups excluding carboxylic acids is 1. The van der Waals surface area contributed by atoms with Gasteiger partial charge in [0.2, 0.25) is 0 Å². The molecule has 1 saturated carbocycles. The molecule has 2 aliphatic rings. The van der Waals surface area contributed by atoms with Gasteiger partial charge in [-0.25, -0.2) is 0 Å². The van der Waals surface area contributed by atoms with Gasteiger partial charge in [-0.2, -0.15) is 0 Å². The van der Waals surface area contributed by atoms with Crippen LogP contribution in [-0.2, 0) is 4.79 Å². The highest BCUT2D eigenvalue weighted by Crippen LogP contribution is 2.36. The van der Waals surface area contributed by atoms with Crippen molar-refractivity contribution in [2.45, 2.75) is 51.4 Å². The third-order valence-corrected chi connectivity index (χ3v) is 3.75. The molecule has 2 unspecified atom stereocenters. The molecule has 0 N–H and O–H groups in total. The topological polar surface area (TPSA) is 17.1 Å². The van der Waals surface area contributed by atoms with Crippen LogP contribution >= 0.6 is 0 Å². The molecule has 1 heteroatoms. The average Bonchev–Trinajstić information content (AvgIpc) is 2.18. The summed E-state index contributed by atoms with van der Waals surface area (Å²) in [5.41, 5.74) is 1.67. The molecule has 2 atom stereocenters. The third kappa shape index (κ3) is 2.26. The highest BCUT2D eigenvalue weighted by Gasteiger charge is 2.24. The van der Waals surface area contributed by atoms with E-state index in [-0.39, 0.29) is 0 Å². The van der Waals surface area contributed by atoms with E-state index in [1.807, 2.05) is 0 Å². The van der Waals surface area contributed by atoms with Crippen LogP contribution < -0.4 is 0 Å². The van der Waals surface area contributed by atoms with Crippen molar-refractivity contribution in [1.82, 2.24) is 0 Å². The molecule has 1 nitrogen and oxygen atoms in total. The van der Waals surface area contributed by atoms with E-state index in [1.54, 1.807) is 5.57 Å². The summed E-state index contributed by atoms with van der Waals surface area (Å²) >= 11 is 0. The lowest BCUT2D eigenvalue weighted by atomic mass is 9.76. The van der Waals surface area contributed by atoms with E-state index in [2.05, 4.69) is 6.08 Å². The van der Waals surface area contributed by atoms with Gasteiger partial charge in [0, 0.05) is 5.92 Å². The van der Waals surface area contributed by atoms with Crippen LogP contribution in [0.5, 0.6) is 0 Å². The van der Waals surface area contributed by atoms with Gasteiger partial charge in [-0.1, -0.05) is 30.9 Å².